The molecule has 0 aromatic carbocycles. The lowest BCUT2D eigenvalue weighted by atomic mass is 9.68. The Kier molecular flexibility index (Phi) is 13.4. The first kappa shape index (κ1) is 42.8. The van der Waals surface area contributed by atoms with E-state index in [4.69, 9.17) is 37.9 Å². The minimum atomic E-state index is -1.09. The summed E-state index contributed by atoms with van der Waals surface area (Å²) < 4.78 is 51.1. The van der Waals surface area contributed by atoms with Gasteiger partial charge in [-0.05, 0) is 94.2 Å². The van der Waals surface area contributed by atoms with Gasteiger partial charge in [-0.15, -0.1) is 0 Å². The van der Waals surface area contributed by atoms with E-state index in [1.807, 2.05) is 60.5 Å². The largest absolute Gasteiger partial charge is 0.459 e. The van der Waals surface area contributed by atoms with Crippen LogP contribution in [0.4, 0.5) is 0 Å². The summed E-state index contributed by atoms with van der Waals surface area (Å²) in [7, 11) is 7.02. The summed E-state index contributed by atoms with van der Waals surface area (Å²) in [4.78, 5) is 16.2. The molecule has 13 nitrogen and oxygen atoms in total. The molecule has 0 saturated carbocycles. The van der Waals surface area contributed by atoms with Gasteiger partial charge in [-0.25, -0.2) is 0 Å². The van der Waals surface area contributed by atoms with Crippen LogP contribution in [-0.4, -0.2) is 144 Å². The lowest BCUT2D eigenvalue weighted by molar-refractivity contribution is -0.366. The minimum absolute atomic E-state index is 0.0168. The fraction of sp³-hybridized carbons (Fsp3) is 0.974. The van der Waals surface area contributed by atoms with Gasteiger partial charge in [0.15, 0.2) is 12.6 Å². The summed E-state index contributed by atoms with van der Waals surface area (Å²) in [5.74, 6) is -1.96. The van der Waals surface area contributed by atoms with Crippen molar-refractivity contribution in [2.75, 3.05) is 28.3 Å². The molecule has 18 unspecified atom stereocenters. The molecule has 5 aliphatic heterocycles. The third-order valence-corrected chi connectivity index (χ3v) is 12.6. The van der Waals surface area contributed by atoms with E-state index in [1.165, 1.54) is 0 Å². The number of aliphatic hydroxyl groups is 3. The number of esters is 1. The molecule has 0 aromatic heterocycles. The molecule has 0 amide bonds. The number of hydrogen-bond acceptors (Lipinski definition) is 13. The second-order valence-electron chi connectivity index (χ2n) is 17.2. The van der Waals surface area contributed by atoms with Crippen molar-refractivity contribution < 1.29 is 58.0 Å². The molecular formula is C38H69NO12. The average Bonchev–Trinajstić information content (AvgIpc) is 3.06. The Morgan fingerprint density at radius 3 is 2.06 bits per heavy atom. The number of aliphatic hydroxyl groups excluding tert-OH is 3. The third-order valence-electron chi connectivity index (χ3n) is 12.6. The van der Waals surface area contributed by atoms with E-state index in [0.29, 0.717) is 25.7 Å². The molecule has 51 heavy (non-hydrogen) atoms. The molecule has 5 heterocycles. The lowest BCUT2D eigenvalue weighted by Crippen LogP contribution is -2.75. The summed E-state index contributed by atoms with van der Waals surface area (Å²) in [5, 5.41) is 34.2. The molecule has 2 bridgehead atoms. The summed E-state index contributed by atoms with van der Waals surface area (Å²) in [6.07, 6.45) is -5.53. The Morgan fingerprint density at radius 2 is 1.51 bits per heavy atom. The Hall–Kier alpha value is -0.970. The first-order valence-electron chi connectivity index (χ1n) is 18.9. The highest BCUT2D eigenvalue weighted by molar-refractivity contribution is 5.73. The fourth-order valence-corrected chi connectivity index (χ4v) is 9.58. The molecule has 5 saturated heterocycles. The lowest BCUT2D eigenvalue weighted by Gasteiger charge is -2.60. The van der Waals surface area contributed by atoms with E-state index in [9.17, 15) is 20.1 Å². The van der Waals surface area contributed by atoms with Crippen molar-refractivity contribution in [2.45, 2.75) is 191 Å². The molecule has 0 aliphatic carbocycles. The third kappa shape index (κ3) is 8.34. The summed E-state index contributed by atoms with van der Waals surface area (Å²) in [6, 6.07) is -0.214. The van der Waals surface area contributed by atoms with E-state index >= 15 is 0 Å². The van der Waals surface area contributed by atoms with Gasteiger partial charge in [0.2, 0.25) is 0 Å². The second kappa shape index (κ2) is 16.0. The normalized spacial score (nSPS) is 51.8. The van der Waals surface area contributed by atoms with Gasteiger partial charge in [-0.1, -0.05) is 20.8 Å². The predicted octanol–water partition coefficient (Wildman–Crippen LogP) is 3.42. The van der Waals surface area contributed by atoms with Gasteiger partial charge < -0.3 is 58.1 Å². The molecule has 5 fully saturated rings. The van der Waals surface area contributed by atoms with E-state index in [1.54, 1.807) is 35.0 Å². The number of carbonyl (C=O) groups is 1. The van der Waals surface area contributed by atoms with Gasteiger partial charge >= 0.3 is 5.97 Å². The number of hydrogen-bond donors (Lipinski definition) is 3. The van der Waals surface area contributed by atoms with Crippen LogP contribution in [0.3, 0.4) is 0 Å². The Labute approximate surface area is 305 Å². The van der Waals surface area contributed by atoms with Gasteiger partial charge in [-0.3, -0.25) is 4.79 Å². The monoisotopic (exact) mass is 731 g/mol. The number of carbonyl (C=O) groups excluding carboxylic acids is 1. The van der Waals surface area contributed by atoms with Crippen molar-refractivity contribution in [1.29, 1.82) is 0 Å². The van der Waals surface area contributed by atoms with Gasteiger partial charge in [-0.2, -0.15) is 0 Å². The van der Waals surface area contributed by atoms with Crippen LogP contribution in [0.15, 0.2) is 0 Å². The van der Waals surface area contributed by atoms with Crippen LogP contribution in [0, 0.1) is 17.8 Å². The first-order valence-corrected chi connectivity index (χ1v) is 18.9. The highest BCUT2D eigenvalue weighted by Crippen LogP contribution is 2.50. The van der Waals surface area contributed by atoms with Crippen LogP contribution in [0.2, 0.25) is 0 Å². The maximum atomic E-state index is 14.2. The van der Waals surface area contributed by atoms with Crippen molar-refractivity contribution in [2.24, 2.45) is 17.8 Å². The molecule has 18 atom stereocenters. The van der Waals surface area contributed by atoms with Gasteiger partial charge in [0, 0.05) is 32.6 Å². The SMILES string of the molecule is CCC1OC(=O)C(C)C(OC2CC(C)(OC)C(O)C(C)O2)C(C)C(OC2OC(C)CC(N(C)C)C2O)C(C)(OC)CC(C)CC2(C)OC1(C)C2O. The van der Waals surface area contributed by atoms with Crippen molar-refractivity contribution >= 4 is 5.97 Å². The smallest absolute Gasteiger partial charge is 0.311 e. The van der Waals surface area contributed by atoms with Crippen molar-refractivity contribution in [3.63, 3.8) is 0 Å². The molecule has 3 N–H and O–H groups in total. The van der Waals surface area contributed by atoms with E-state index in [0.717, 1.165) is 0 Å². The highest BCUT2D eigenvalue weighted by atomic mass is 16.7. The predicted molar refractivity (Wildman–Crippen MR) is 189 cm³/mol. The standard InChI is InChI=1S/C38H69NO12/c1-15-26-38(10)34(43)37(9,51-38)18-20(2)17-36(8,45-14)31(50-33-28(40)25(39(11)12)16-21(3)46-33)22(4)29(23(5)32(42)48-26)49-27-19-35(7,44-13)30(41)24(6)47-27/h20-31,33-34,40-41,43H,15-19H2,1-14H3. The molecule has 5 aliphatic rings. The molecule has 0 spiro atoms. The number of rotatable bonds is 8. The van der Waals surface area contributed by atoms with Gasteiger partial charge in [0.05, 0.1) is 47.1 Å². The number of fused-ring (bicyclic) bond motifs is 10. The molecule has 0 aromatic rings. The Balaban J connectivity index is 1.82. The van der Waals surface area contributed by atoms with E-state index in [-0.39, 0.29) is 24.5 Å². The second-order valence-corrected chi connectivity index (χ2v) is 17.2. The Morgan fingerprint density at radius 1 is 0.882 bits per heavy atom. The number of likely N-dealkylation sites (N-methyl/N-ethyl adjacent to an activating group) is 1. The van der Waals surface area contributed by atoms with Crippen LogP contribution in [0.5, 0.6) is 0 Å². The van der Waals surface area contributed by atoms with E-state index < -0.39 is 95.5 Å². The van der Waals surface area contributed by atoms with Gasteiger partial charge in [0.1, 0.15) is 30.0 Å². The van der Waals surface area contributed by atoms with Crippen molar-refractivity contribution in [3.8, 4) is 0 Å². The quantitative estimate of drug-likeness (QED) is 0.313. The van der Waals surface area contributed by atoms with Gasteiger partial charge in [0.25, 0.3) is 0 Å². The van der Waals surface area contributed by atoms with Crippen LogP contribution < -0.4 is 0 Å². The fourth-order valence-electron chi connectivity index (χ4n) is 9.58. The van der Waals surface area contributed by atoms with E-state index in [2.05, 4.69) is 6.92 Å². The maximum absolute atomic E-state index is 14.2. The summed E-state index contributed by atoms with van der Waals surface area (Å²) >= 11 is 0. The first-order chi connectivity index (χ1) is 23.6. The number of methoxy groups -OCH3 is 2. The molecule has 0 radical (unpaired) electrons. The minimum Gasteiger partial charge on any atom is -0.459 e. The zero-order valence-corrected chi connectivity index (χ0v) is 33.6. The van der Waals surface area contributed by atoms with Crippen molar-refractivity contribution in [3.05, 3.63) is 0 Å². The Bertz CT molecular complexity index is 1180. The summed E-state index contributed by atoms with van der Waals surface area (Å²) in [6.45, 7) is 18.9. The topological polar surface area (TPSA) is 155 Å². The molecule has 13 heteroatoms. The highest BCUT2D eigenvalue weighted by Gasteiger charge is 2.64. The van der Waals surface area contributed by atoms with Crippen LogP contribution in [-0.2, 0) is 42.7 Å². The summed E-state index contributed by atoms with van der Waals surface area (Å²) in [5.41, 5.74) is -3.92. The van der Waals surface area contributed by atoms with Crippen LogP contribution in [0.1, 0.15) is 101 Å². The number of ether oxygens (including phenoxy) is 8. The maximum Gasteiger partial charge on any atom is 0.311 e. The zero-order chi connectivity index (χ0) is 38.4. The molecule has 5 rings (SSSR count). The molecule has 298 valence electrons. The molecular weight excluding hydrogens is 662 g/mol. The zero-order valence-electron chi connectivity index (χ0n) is 33.6. The van der Waals surface area contributed by atoms with Crippen LogP contribution >= 0.6 is 0 Å². The van der Waals surface area contributed by atoms with Crippen molar-refractivity contribution in [1.82, 2.24) is 4.90 Å². The van der Waals surface area contributed by atoms with Crippen LogP contribution in [0.25, 0.3) is 0 Å². The average molecular weight is 732 g/mol. The number of nitrogens with zero attached hydrogens (tertiary/aromatic N) is 1.